The van der Waals surface area contributed by atoms with Gasteiger partial charge in [0.25, 0.3) is 0 Å². The third kappa shape index (κ3) is 8.50. The summed E-state index contributed by atoms with van der Waals surface area (Å²) in [6, 6.07) is -0.281. The van der Waals surface area contributed by atoms with E-state index in [4.69, 9.17) is 20.9 Å². The van der Waals surface area contributed by atoms with E-state index in [-0.39, 0.29) is 6.04 Å². The predicted octanol–water partition coefficient (Wildman–Crippen LogP) is -0.327. The summed E-state index contributed by atoms with van der Waals surface area (Å²) in [5.74, 6) is 0. The molecule has 1 aliphatic heterocycles. The van der Waals surface area contributed by atoms with Crippen molar-refractivity contribution in [1.29, 1.82) is 0 Å². The molecular formula is C10H22N2O3. The number of aldehydes is 1. The first-order valence-electron chi connectivity index (χ1n) is 5.26. The maximum absolute atomic E-state index is 9.94. The Hall–Kier alpha value is -0.490. The fraction of sp³-hybridized carbons (Fsp3) is 0.900. The molecule has 0 amide bonds. The highest BCUT2D eigenvalue weighted by atomic mass is 16.6. The summed E-state index contributed by atoms with van der Waals surface area (Å²) in [5.41, 5.74) is 10.5. The van der Waals surface area contributed by atoms with Crippen molar-refractivity contribution in [3.8, 4) is 0 Å². The van der Waals surface area contributed by atoms with Crippen LogP contribution >= 0.6 is 0 Å². The lowest BCUT2D eigenvalue weighted by Crippen LogP contribution is -2.34. The van der Waals surface area contributed by atoms with Crippen molar-refractivity contribution in [1.82, 2.24) is 0 Å². The van der Waals surface area contributed by atoms with Crippen LogP contribution in [0.2, 0.25) is 0 Å². The predicted molar refractivity (Wildman–Crippen MR) is 58.6 cm³/mol. The summed E-state index contributed by atoms with van der Waals surface area (Å²) >= 11 is 0. The van der Waals surface area contributed by atoms with Crippen molar-refractivity contribution in [2.45, 2.75) is 31.4 Å². The Morgan fingerprint density at radius 3 is 2.47 bits per heavy atom. The molecule has 5 nitrogen and oxygen atoms in total. The molecule has 0 aromatic carbocycles. The standard InChI is InChI=1S/C6H14N2O.C4H8O2/c7-4-2-1-3-6(8)5-9;1-5-4-2-6-3-4/h5-6H,1-4,7-8H2;4H,2-3H2,1H3. The fourth-order valence-corrected chi connectivity index (χ4v) is 0.943. The molecule has 1 atom stereocenters. The fourth-order valence-electron chi connectivity index (χ4n) is 0.943. The van der Waals surface area contributed by atoms with E-state index >= 15 is 0 Å². The number of ether oxygens (including phenoxy) is 2. The van der Waals surface area contributed by atoms with Crippen LogP contribution in [0.15, 0.2) is 0 Å². The molecule has 0 saturated carbocycles. The highest BCUT2D eigenvalue weighted by molar-refractivity contribution is 5.56. The molecule has 90 valence electrons. The molecule has 0 spiro atoms. The lowest BCUT2D eigenvalue weighted by Gasteiger charge is -2.23. The minimum absolute atomic E-state index is 0.281. The number of carbonyl (C=O) groups is 1. The van der Waals surface area contributed by atoms with Crippen molar-refractivity contribution in [3.05, 3.63) is 0 Å². The van der Waals surface area contributed by atoms with E-state index in [9.17, 15) is 4.79 Å². The van der Waals surface area contributed by atoms with Crippen molar-refractivity contribution < 1.29 is 14.3 Å². The van der Waals surface area contributed by atoms with Crippen LogP contribution in [0.25, 0.3) is 0 Å². The number of rotatable bonds is 6. The van der Waals surface area contributed by atoms with Gasteiger partial charge in [0, 0.05) is 7.11 Å². The normalized spacial score (nSPS) is 17.3. The van der Waals surface area contributed by atoms with Gasteiger partial charge in [-0.3, -0.25) is 0 Å². The molecule has 15 heavy (non-hydrogen) atoms. The molecule has 5 heteroatoms. The smallest absolute Gasteiger partial charge is 0.136 e. The molecule has 0 aliphatic carbocycles. The van der Waals surface area contributed by atoms with E-state index in [0.29, 0.717) is 12.6 Å². The van der Waals surface area contributed by atoms with Crippen LogP contribution in [0.5, 0.6) is 0 Å². The van der Waals surface area contributed by atoms with Crippen LogP contribution in [0.1, 0.15) is 19.3 Å². The van der Waals surface area contributed by atoms with Gasteiger partial charge < -0.3 is 25.7 Å². The summed E-state index contributed by atoms with van der Waals surface area (Å²) in [4.78, 5) is 9.94. The Balaban J connectivity index is 0.000000280. The van der Waals surface area contributed by atoms with E-state index in [1.165, 1.54) is 0 Å². The Labute approximate surface area is 91.1 Å². The summed E-state index contributed by atoms with van der Waals surface area (Å²) in [7, 11) is 1.70. The lowest BCUT2D eigenvalue weighted by molar-refractivity contribution is -0.113. The largest absolute Gasteiger partial charge is 0.377 e. The van der Waals surface area contributed by atoms with Crippen LogP contribution in [-0.2, 0) is 14.3 Å². The molecule has 0 bridgehead atoms. The second kappa shape index (κ2) is 10.0. The maximum atomic E-state index is 9.94. The Kier molecular flexibility index (Phi) is 9.71. The Morgan fingerprint density at radius 1 is 1.53 bits per heavy atom. The second-order valence-electron chi connectivity index (χ2n) is 3.48. The van der Waals surface area contributed by atoms with Gasteiger partial charge in [-0.15, -0.1) is 0 Å². The highest BCUT2D eigenvalue weighted by Gasteiger charge is 2.15. The molecule has 4 N–H and O–H groups in total. The monoisotopic (exact) mass is 218 g/mol. The topological polar surface area (TPSA) is 87.6 Å². The average Bonchev–Trinajstić information content (AvgIpc) is 2.17. The first-order chi connectivity index (χ1) is 7.24. The molecule has 0 aromatic heterocycles. The summed E-state index contributed by atoms with van der Waals surface area (Å²) in [6.45, 7) is 2.26. The summed E-state index contributed by atoms with van der Waals surface area (Å²) in [6.07, 6.45) is 3.85. The van der Waals surface area contributed by atoms with Crippen LogP contribution < -0.4 is 11.5 Å². The molecule has 1 aliphatic rings. The van der Waals surface area contributed by atoms with E-state index < -0.39 is 0 Å². The quantitative estimate of drug-likeness (QED) is 0.471. The molecule has 1 heterocycles. The van der Waals surface area contributed by atoms with E-state index in [1.54, 1.807) is 7.11 Å². The van der Waals surface area contributed by atoms with Gasteiger partial charge in [-0.1, -0.05) is 6.42 Å². The van der Waals surface area contributed by atoms with Gasteiger partial charge in [-0.25, -0.2) is 0 Å². The molecule has 1 unspecified atom stereocenters. The Bertz CT molecular complexity index is 149. The molecule has 1 saturated heterocycles. The maximum Gasteiger partial charge on any atom is 0.136 e. The molecule has 0 radical (unpaired) electrons. The third-order valence-corrected chi connectivity index (χ3v) is 2.11. The van der Waals surface area contributed by atoms with Gasteiger partial charge >= 0.3 is 0 Å². The van der Waals surface area contributed by atoms with Crippen molar-refractivity contribution in [2.75, 3.05) is 26.9 Å². The first kappa shape index (κ1) is 14.5. The van der Waals surface area contributed by atoms with Crippen LogP contribution in [0.4, 0.5) is 0 Å². The molecular weight excluding hydrogens is 196 g/mol. The Morgan fingerprint density at radius 2 is 2.20 bits per heavy atom. The minimum Gasteiger partial charge on any atom is -0.377 e. The number of methoxy groups -OCH3 is 1. The minimum atomic E-state index is -0.281. The van der Waals surface area contributed by atoms with Gasteiger partial charge in [0.1, 0.15) is 12.4 Å². The SMILES string of the molecule is COC1COC1.NCCCCC(N)C=O. The number of carbonyl (C=O) groups excluding carboxylic acids is 1. The average molecular weight is 218 g/mol. The van der Waals surface area contributed by atoms with E-state index in [1.807, 2.05) is 0 Å². The zero-order valence-electron chi connectivity index (χ0n) is 9.35. The van der Waals surface area contributed by atoms with Gasteiger partial charge in [0.05, 0.1) is 19.3 Å². The number of nitrogens with two attached hydrogens (primary N) is 2. The van der Waals surface area contributed by atoms with Crippen LogP contribution in [0, 0.1) is 0 Å². The van der Waals surface area contributed by atoms with Gasteiger partial charge in [0.2, 0.25) is 0 Å². The van der Waals surface area contributed by atoms with Gasteiger partial charge in [-0.05, 0) is 19.4 Å². The van der Waals surface area contributed by atoms with Crippen LogP contribution in [0.3, 0.4) is 0 Å². The van der Waals surface area contributed by atoms with E-state index in [0.717, 1.165) is 38.8 Å². The zero-order chi connectivity index (χ0) is 11.5. The van der Waals surface area contributed by atoms with Crippen molar-refractivity contribution >= 4 is 6.29 Å². The number of unbranched alkanes of at least 4 members (excludes halogenated alkanes) is 1. The third-order valence-electron chi connectivity index (χ3n) is 2.11. The number of hydrogen-bond donors (Lipinski definition) is 2. The molecule has 1 fully saturated rings. The van der Waals surface area contributed by atoms with Crippen molar-refractivity contribution in [2.24, 2.45) is 11.5 Å². The van der Waals surface area contributed by atoms with Gasteiger partial charge in [0.15, 0.2) is 0 Å². The van der Waals surface area contributed by atoms with Crippen molar-refractivity contribution in [3.63, 3.8) is 0 Å². The summed E-state index contributed by atoms with van der Waals surface area (Å²) in [5, 5.41) is 0. The first-order valence-corrected chi connectivity index (χ1v) is 5.26. The highest BCUT2D eigenvalue weighted by Crippen LogP contribution is 2.01. The van der Waals surface area contributed by atoms with E-state index in [2.05, 4.69) is 0 Å². The number of hydrogen-bond acceptors (Lipinski definition) is 5. The second-order valence-corrected chi connectivity index (χ2v) is 3.48. The molecule has 0 aromatic rings. The van der Waals surface area contributed by atoms with Crippen LogP contribution in [-0.4, -0.2) is 45.3 Å². The molecule has 1 rings (SSSR count). The summed E-state index contributed by atoms with van der Waals surface area (Å²) < 4.78 is 9.66. The van der Waals surface area contributed by atoms with Gasteiger partial charge in [-0.2, -0.15) is 0 Å². The zero-order valence-corrected chi connectivity index (χ0v) is 9.35. The lowest BCUT2D eigenvalue weighted by atomic mass is 10.1.